The van der Waals surface area contributed by atoms with Gasteiger partial charge in [0.15, 0.2) is 0 Å². The maximum absolute atomic E-state index is 11.6. The molecule has 1 atom stereocenters. The molecule has 0 radical (unpaired) electrons. The zero-order valence-corrected chi connectivity index (χ0v) is 11.3. The molecule has 17 heavy (non-hydrogen) atoms. The summed E-state index contributed by atoms with van der Waals surface area (Å²) in [6.07, 6.45) is 3.49. The SMILES string of the molecule is CNC(=O)C1CCCN(c2cc(Br)ncn2)C1. The third-order valence-electron chi connectivity index (χ3n) is 2.98. The smallest absolute Gasteiger partial charge is 0.224 e. The lowest BCUT2D eigenvalue weighted by Gasteiger charge is -2.32. The summed E-state index contributed by atoms with van der Waals surface area (Å²) in [6.45, 7) is 1.67. The molecule has 1 aliphatic rings. The second kappa shape index (κ2) is 5.44. The van der Waals surface area contributed by atoms with Gasteiger partial charge in [0.2, 0.25) is 5.91 Å². The van der Waals surface area contributed by atoms with E-state index >= 15 is 0 Å². The summed E-state index contributed by atoms with van der Waals surface area (Å²) in [5, 5.41) is 2.71. The molecule has 0 bridgehead atoms. The molecule has 1 fully saturated rings. The molecular formula is C11H15BrN4O. The summed E-state index contributed by atoms with van der Waals surface area (Å²) >= 11 is 3.33. The van der Waals surface area contributed by atoms with Gasteiger partial charge in [0, 0.05) is 26.2 Å². The molecule has 0 saturated carbocycles. The molecule has 1 saturated heterocycles. The number of carbonyl (C=O) groups excluding carboxylic acids is 1. The predicted molar refractivity (Wildman–Crippen MR) is 68.7 cm³/mol. The highest BCUT2D eigenvalue weighted by Crippen LogP contribution is 2.22. The molecule has 92 valence electrons. The second-order valence-corrected chi connectivity index (χ2v) is 4.91. The first-order valence-corrected chi connectivity index (χ1v) is 6.44. The number of nitrogens with zero attached hydrogens (tertiary/aromatic N) is 3. The van der Waals surface area contributed by atoms with Crippen LogP contribution in [0.3, 0.4) is 0 Å². The van der Waals surface area contributed by atoms with E-state index in [9.17, 15) is 4.79 Å². The molecule has 1 aromatic rings. The minimum Gasteiger partial charge on any atom is -0.359 e. The molecule has 1 amide bonds. The van der Waals surface area contributed by atoms with Gasteiger partial charge in [-0.2, -0.15) is 0 Å². The standard InChI is InChI=1S/C11H15BrN4O/c1-13-11(17)8-3-2-4-16(6-8)10-5-9(12)14-7-15-10/h5,7-8H,2-4,6H2,1H3,(H,13,17). The molecule has 1 aliphatic heterocycles. The number of hydrogen-bond acceptors (Lipinski definition) is 4. The molecular weight excluding hydrogens is 284 g/mol. The minimum absolute atomic E-state index is 0.0579. The van der Waals surface area contributed by atoms with Crippen LogP contribution in [0, 0.1) is 5.92 Å². The summed E-state index contributed by atoms with van der Waals surface area (Å²) in [5.41, 5.74) is 0. The fourth-order valence-corrected chi connectivity index (χ4v) is 2.40. The molecule has 0 aliphatic carbocycles. The van der Waals surface area contributed by atoms with E-state index in [-0.39, 0.29) is 11.8 Å². The Morgan fingerprint density at radius 2 is 2.41 bits per heavy atom. The van der Waals surface area contributed by atoms with Crippen LogP contribution in [0.2, 0.25) is 0 Å². The number of amides is 1. The van der Waals surface area contributed by atoms with Crippen LogP contribution in [0.25, 0.3) is 0 Å². The maximum Gasteiger partial charge on any atom is 0.224 e. The average Bonchev–Trinajstić information content (AvgIpc) is 2.38. The largest absolute Gasteiger partial charge is 0.359 e. The Morgan fingerprint density at radius 1 is 1.59 bits per heavy atom. The van der Waals surface area contributed by atoms with Crippen molar-refractivity contribution in [3.05, 3.63) is 17.0 Å². The first kappa shape index (κ1) is 12.3. The minimum atomic E-state index is 0.0579. The van der Waals surface area contributed by atoms with Gasteiger partial charge >= 0.3 is 0 Å². The topological polar surface area (TPSA) is 58.1 Å². The van der Waals surface area contributed by atoms with Crippen LogP contribution < -0.4 is 10.2 Å². The Kier molecular flexibility index (Phi) is 3.93. The highest BCUT2D eigenvalue weighted by Gasteiger charge is 2.25. The molecule has 0 aromatic carbocycles. The normalized spacial score (nSPS) is 20.1. The van der Waals surface area contributed by atoms with E-state index in [0.717, 1.165) is 36.4 Å². The molecule has 2 rings (SSSR count). The van der Waals surface area contributed by atoms with Gasteiger partial charge in [-0.15, -0.1) is 0 Å². The lowest BCUT2D eigenvalue weighted by Crippen LogP contribution is -2.42. The van der Waals surface area contributed by atoms with Crippen molar-refractivity contribution in [3.63, 3.8) is 0 Å². The van der Waals surface area contributed by atoms with Crippen molar-refractivity contribution in [2.75, 3.05) is 25.0 Å². The van der Waals surface area contributed by atoms with E-state index in [2.05, 4.69) is 36.1 Å². The van der Waals surface area contributed by atoms with Crippen LogP contribution in [0.15, 0.2) is 17.0 Å². The summed E-state index contributed by atoms with van der Waals surface area (Å²) in [7, 11) is 1.68. The zero-order chi connectivity index (χ0) is 12.3. The van der Waals surface area contributed by atoms with Crippen LogP contribution in [-0.4, -0.2) is 36.0 Å². The van der Waals surface area contributed by atoms with E-state index in [1.165, 1.54) is 6.33 Å². The summed E-state index contributed by atoms with van der Waals surface area (Å²) < 4.78 is 0.768. The van der Waals surface area contributed by atoms with Gasteiger partial charge in [-0.3, -0.25) is 4.79 Å². The van der Waals surface area contributed by atoms with E-state index in [1.807, 2.05) is 6.07 Å². The highest BCUT2D eigenvalue weighted by atomic mass is 79.9. The molecule has 1 N–H and O–H groups in total. The molecule has 2 heterocycles. The first-order chi connectivity index (χ1) is 8.20. The van der Waals surface area contributed by atoms with Crippen molar-refractivity contribution in [2.24, 2.45) is 5.92 Å². The monoisotopic (exact) mass is 298 g/mol. The van der Waals surface area contributed by atoms with Crippen LogP contribution in [0.1, 0.15) is 12.8 Å². The van der Waals surface area contributed by atoms with Gasteiger partial charge in [-0.25, -0.2) is 9.97 Å². The summed E-state index contributed by atoms with van der Waals surface area (Å²) in [5.74, 6) is 1.05. The Balaban J connectivity index is 2.09. The van der Waals surface area contributed by atoms with Crippen molar-refractivity contribution >= 4 is 27.7 Å². The van der Waals surface area contributed by atoms with E-state index in [1.54, 1.807) is 7.05 Å². The van der Waals surface area contributed by atoms with Gasteiger partial charge in [0.1, 0.15) is 16.7 Å². The fraction of sp³-hybridized carbons (Fsp3) is 0.545. The number of piperidine rings is 1. The van der Waals surface area contributed by atoms with E-state index in [0.29, 0.717) is 0 Å². The number of nitrogens with one attached hydrogen (secondary N) is 1. The number of rotatable bonds is 2. The maximum atomic E-state index is 11.6. The average molecular weight is 299 g/mol. The zero-order valence-electron chi connectivity index (χ0n) is 9.69. The van der Waals surface area contributed by atoms with Crippen LogP contribution in [0.5, 0.6) is 0 Å². The molecule has 1 aromatic heterocycles. The lowest BCUT2D eigenvalue weighted by atomic mass is 9.97. The predicted octanol–water partition coefficient (Wildman–Crippen LogP) is 1.20. The number of halogens is 1. The number of aromatic nitrogens is 2. The summed E-state index contributed by atoms with van der Waals surface area (Å²) in [6, 6.07) is 1.88. The van der Waals surface area contributed by atoms with Gasteiger partial charge in [0.25, 0.3) is 0 Å². The Morgan fingerprint density at radius 3 is 3.12 bits per heavy atom. The first-order valence-electron chi connectivity index (χ1n) is 5.65. The number of hydrogen-bond donors (Lipinski definition) is 1. The van der Waals surface area contributed by atoms with Gasteiger partial charge < -0.3 is 10.2 Å². The number of anilines is 1. The Labute approximate surface area is 109 Å². The van der Waals surface area contributed by atoms with Crippen LogP contribution in [-0.2, 0) is 4.79 Å². The van der Waals surface area contributed by atoms with Gasteiger partial charge in [-0.05, 0) is 28.8 Å². The quantitative estimate of drug-likeness (QED) is 0.834. The lowest BCUT2D eigenvalue weighted by molar-refractivity contribution is -0.124. The van der Waals surface area contributed by atoms with Crippen molar-refractivity contribution in [1.29, 1.82) is 0 Å². The third kappa shape index (κ3) is 2.94. The molecule has 1 unspecified atom stereocenters. The van der Waals surface area contributed by atoms with E-state index in [4.69, 9.17) is 0 Å². The Hall–Kier alpha value is -1.17. The van der Waals surface area contributed by atoms with E-state index < -0.39 is 0 Å². The van der Waals surface area contributed by atoms with Crippen LogP contribution >= 0.6 is 15.9 Å². The highest BCUT2D eigenvalue weighted by molar-refractivity contribution is 9.10. The second-order valence-electron chi connectivity index (χ2n) is 4.10. The Bertz CT molecular complexity index is 412. The molecule has 6 heteroatoms. The van der Waals surface area contributed by atoms with Crippen LogP contribution in [0.4, 0.5) is 5.82 Å². The van der Waals surface area contributed by atoms with Crippen molar-refractivity contribution in [2.45, 2.75) is 12.8 Å². The van der Waals surface area contributed by atoms with Crippen molar-refractivity contribution in [3.8, 4) is 0 Å². The van der Waals surface area contributed by atoms with Crippen molar-refractivity contribution < 1.29 is 4.79 Å². The molecule has 0 spiro atoms. The third-order valence-corrected chi connectivity index (χ3v) is 3.42. The fourth-order valence-electron chi connectivity index (χ4n) is 2.10. The van der Waals surface area contributed by atoms with Gasteiger partial charge in [0.05, 0.1) is 5.92 Å². The number of carbonyl (C=O) groups is 1. The van der Waals surface area contributed by atoms with Gasteiger partial charge in [-0.1, -0.05) is 0 Å². The molecule has 5 nitrogen and oxygen atoms in total. The van der Waals surface area contributed by atoms with Crippen molar-refractivity contribution in [1.82, 2.24) is 15.3 Å². The summed E-state index contributed by atoms with van der Waals surface area (Å²) in [4.78, 5) is 22.0.